The highest BCUT2D eigenvalue weighted by Crippen LogP contribution is 2.30. The molecule has 2 N–H and O–H groups in total. The average molecular weight is 375 g/mol. The SMILES string of the molecule is CCNC(=O)[C@@H]1C[C@H](NC(=O)CCc2ccccc2F)CN1C1CCCC1. The number of amides is 2. The van der Waals surface area contributed by atoms with Crippen LogP contribution < -0.4 is 10.6 Å². The molecule has 3 rings (SSSR count). The van der Waals surface area contributed by atoms with Gasteiger partial charge in [0.2, 0.25) is 11.8 Å². The summed E-state index contributed by atoms with van der Waals surface area (Å²) in [6.07, 6.45) is 5.97. The lowest BCUT2D eigenvalue weighted by atomic mass is 10.1. The second kappa shape index (κ2) is 9.31. The summed E-state index contributed by atoms with van der Waals surface area (Å²) in [5, 5.41) is 6.00. The first-order valence-electron chi connectivity index (χ1n) is 10.1. The Hall–Kier alpha value is -1.95. The molecule has 2 fully saturated rings. The molecule has 2 amide bonds. The molecule has 1 saturated heterocycles. The zero-order valence-corrected chi connectivity index (χ0v) is 16.0. The summed E-state index contributed by atoms with van der Waals surface area (Å²) in [7, 11) is 0. The predicted octanol–water partition coefficient (Wildman–Crippen LogP) is 2.40. The summed E-state index contributed by atoms with van der Waals surface area (Å²) >= 11 is 0. The molecule has 0 spiro atoms. The quantitative estimate of drug-likeness (QED) is 0.769. The molecule has 0 aromatic heterocycles. The molecule has 1 heterocycles. The van der Waals surface area contributed by atoms with E-state index in [1.165, 1.54) is 18.9 Å². The number of nitrogens with zero attached hydrogens (tertiary/aromatic N) is 1. The van der Waals surface area contributed by atoms with Gasteiger partial charge >= 0.3 is 0 Å². The highest BCUT2D eigenvalue weighted by Gasteiger charge is 2.41. The number of carbonyl (C=O) groups is 2. The van der Waals surface area contributed by atoms with Crippen LogP contribution in [0, 0.1) is 5.82 Å². The third-order valence-corrected chi connectivity index (χ3v) is 5.73. The van der Waals surface area contributed by atoms with E-state index >= 15 is 0 Å². The molecular formula is C21H30FN3O2. The van der Waals surface area contributed by atoms with Gasteiger partial charge in [-0.3, -0.25) is 14.5 Å². The molecule has 1 saturated carbocycles. The van der Waals surface area contributed by atoms with E-state index in [4.69, 9.17) is 0 Å². The van der Waals surface area contributed by atoms with Crippen molar-refractivity contribution in [3.8, 4) is 0 Å². The largest absolute Gasteiger partial charge is 0.355 e. The molecule has 0 unspecified atom stereocenters. The summed E-state index contributed by atoms with van der Waals surface area (Å²) in [6.45, 7) is 3.26. The molecule has 148 valence electrons. The van der Waals surface area contributed by atoms with Crippen molar-refractivity contribution in [3.63, 3.8) is 0 Å². The number of benzene rings is 1. The Kier molecular flexibility index (Phi) is 6.83. The molecule has 1 aromatic carbocycles. The van der Waals surface area contributed by atoms with Gasteiger partial charge in [0.05, 0.1) is 6.04 Å². The lowest BCUT2D eigenvalue weighted by Crippen LogP contribution is -2.47. The van der Waals surface area contributed by atoms with E-state index in [-0.39, 0.29) is 36.1 Å². The Morgan fingerprint density at radius 1 is 1.22 bits per heavy atom. The number of aryl methyl sites for hydroxylation is 1. The Balaban J connectivity index is 1.55. The number of carbonyl (C=O) groups excluding carboxylic acids is 2. The Morgan fingerprint density at radius 3 is 2.67 bits per heavy atom. The topological polar surface area (TPSA) is 61.4 Å². The average Bonchev–Trinajstić information content (AvgIpc) is 3.30. The van der Waals surface area contributed by atoms with E-state index in [1.807, 2.05) is 6.92 Å². The van der Waals surface area contributed by atoms with Crippen molar-refractivity contribution >= 4 is 11.8 Å². The summed E-state index contributed by atoms with van der Waals surface area (Å²) in [6, 6.07) is 6.82. The summed E-state index contributed by atoms with van der Waals surface area (Å²) < 4.78 is 13.7. The smallest absolute Gasteiger partial charge is 0.237 e. The fourth-order valence-electron chi connectivity index (χ4n) is 4.40. The van der Waals surface area contributed by atoms with Gasteiger partial charge in [0.15, 0.2) is 0 Å². The molecule has 6 heteroatoms. The van der Waals surface area contributed by atoms with E-state index in [1.54, 1.807) is 18.2 Å². The fourth-order valence-corrected chi connectivity index (χ4v) is 4.40. The van der Waals surface area contributed by atoms with Crippen LogP contribution in [0.4, 0.5) is 4.39 Å². The highest BCUT2D eigenvalue weighted by atomic mass is 19.1. The van der Waals surface area contributed by atoms with Gasteiger partial charge in [0.25, 0.3) is 0 Å². The minimum Gasteiger partial charge on any atom is -0.355 e. The minimum atomic E-state index is -0.269. The Bertz CT molecular complexity index is 661. The van der Waals surface area contributed by atoms with Gasteiger partial charge in [-0.2, -0.15) is 0 Å². The van der Waals surface area contributed by atoms with Crippen molar-refractivity contribution in [1.82, 2.24) is 15.5 Å². The van der Waals surface area contributed by atoms with Crippen LogP contribution >= 0.6 is 0 Å². The molecule has 0 bridgehead atoms. The first-order valence-corrected chi connectivity index (χ1v) is 10.1. The number of halogens is 1. The van der Waals surface area contributed by atoms with Gasteiger partial charge in [0, 0.05) is 31.6 Å². The molecule has 1 aromatic rings. The van der Waals surface area contributed by atoms with Crippen LogP contribution in [0.15, 0.2) is 24.3 Å². The molecule has 1 aliphatic heterocycles. The number of nitrogens with one attached hydrogen (secondary N) is 2. The fraction of sp³-hybridized carbons (Fsp3) is 0.619. The molecule has 2 atom stereocenters. The van der Waals surface area contributed by atoms with E-state index in [0.717, 1.165) is 19.4 Å². The van der Waals surface area contributed by atoms with Crippen molar-refractivity contribution in [1.29, 1.82) is 0 Å². The van der Waals surface area contributed by atoms with Crippen LogP contribution in [0.25, 0.3) is 0 Å². The van der Waals surface area contributed by atoms with E-state index < -0.39 is 0 Å². The van der Waals surface area contributed by atoms with E-state index in [2.05, 4.69) is 15.5 Å². The van der Waals surface area contributed by atoms with Crippen LogP contribution in [0.3, 0.4) is 0 Å². The predicted molar refractivity (Wildman–Crippen MR) is 103 cm³/mol. The monoisotopic (exact) mass is 375 g/mol. The third-order valence-electron chi connectivity index (χ3n) is 5.73. The molecule has 2 aliphatic rings. The van der Waals surface area contributed by atoms with Gasteiger partial charge in [0.1, 0.15) is 5.82 Å². The van der Waals surface area contributed by atoms with E-state index in [0.29, 0.717) is 31.0 Å². The minimum absolute atomic E-state index is 0.0219. The number of likely N-dealkylation sites (tertiary alicyclic amines) is 1. The first kappa shape index (κ1) is 19.8. The van der Waals surface area contributed by atoms with Crippen LogP contribution in [-0.4, -0.2) is 47.9 Å². The molecule has 1 aliphatic carbocycles. The van der Waals surface area contributed by atoms with Crippen LogP contribution in [-0.2, 0) is 16.0 Å². The van der Waals surface area contributed by atoms with Gasteiger partial charge in [-0.1, -0.05) is 31.0 Å². The number of hydrogen-bond donors (Lipinski definition) is 2. The zero-order valence-electron chi connectivity index (χ0n) is 16.0. The third kappa shape index (κ3) is 5.06. The van der Waals surface area contributed by atoms with Crippen LogP contribution in [0.2, 0.25) is 0 Å². The van der Waals surface area contributed by atoms with Crippen molar-refractivity contribution in [3.05, 3.63) is 35.6 Å². The summed E-state index contributed by atoms with van der Waals surface area (Å²) in [5.41, 5.74) is 0.562. The maximum atomic E-state index is 13.7. The molecule has 27 heavy (non-hydrogen) atoms. The summed E-state index contributed by atoms with van der Waals surface area (Å²) in [4.78, 5) is 27.1. The van der Waals surface area contributed by atoms with E-state index in [9.17, 15) is 14.0 Å². The van der Waals surface area contributed by atoms with Gasteiger partial charge in [-0.25, -0.2) is 4.39 Å². The maximum absolute atomic E-state index is 13.7. The van der Waals surface area contributed by atoms with Crippen molar-refractivity contribution in [2.75, 3.05) is 13.1 Å². The van der Waals surface area contributed by atoms with Crippen LogP contribution in [0.5, 0.6) is 0 Å². The lowest BCUT2D eigenvalue weighted by Gasteiger charge is -2.29. The van der Waals surface area contributed by atoms with Crippen LogP contribution in [0.1, 0.15) is 51.0 Å². The van der Waals surface area contributed by atoms with Gasteiger partial charge in [-0.05, 0) is 44.2 Å². The first-order chi connectivity index (χ1) is 13.1. The highest BCUT2D eigenvalue weighted by molar-refractivity contribution is 5.82. The normalized spacial score (nSPS) is 23.5. The zero-order chi connectivity index (χ0) is 19.2. The standard InChI is InChI=1S/C21H30FN3O2/c1-2-23-21(27)19-13-16(14-25(19)17-8-4-5-9-17)24-20(26)12-11-15-7-3-6-10-18(15)22/h3,6-7,10,16-17,19H,2,4-5,8-9,11-14H2,1H3,(H,23,27)(H,24,26)/t16-,19-/m0/s1. The van der Waals surface area contributed by atoms with Crippen molar-refractivity contribution in [2.24, 2.45) is 0 Å². The second-order valence-corrected chi connectivity index (χ2v) is 7.64. The van der Waals surface area contributed by atoms with Gasteiger partial charge < -0.3 is 10.6 Å². The number of rotatable bonds is 7. The lowest BCUT2D eigenvalue weighted by molar-refractivity contribution is -0.126. The number of likely N-dealkylation sites (N-methyl/N-ethyl adjacent to an activating group) is 1. The molecule has 5 nitrogen and oxygen atoms in total. The van der Waals surface area contributed by atoms with Crippen molar-refractivity contribution < 1.29 is 14.0 Å². The second-order valence-electron chi connectivity index (χ2n) is 7.64. The Morgan fingerprint density at radius 2 is 1.96 bits per heavy atom. The van der Waals surface area contributed by atoms with Crippen molar-refractivity contribution in [2.45, 2.75) is 70.0 Å². The Labute approximate surface area is 160 Å². The number of hydrogen-bond acceptors (Lipinski definition) is 3. The van der Waals surface area contributed by atoms with Gasteiger partial charge in [-0.15, -0.1) is 0 Å². The molecular weight excluding hydrogens is 345 g/mol. The molecule has 0 radical (unpaired) electrons. The maximum Gasteiger partial charge on any atom is 0.237 e. The summed E-state index contributed by atoms with van der Waals surface area (Å²) in [5.74, 6) is -0.284.